The zero-order chi connectivity index (χ0) is 19.0. The quantitative estimate of drug-likeness (QED) is 0.717. The molecule has 138 valence electrons. The van der Waals surface area contributed by atoms with Gasteiger partial charge in [-0.05, 0) is 5.92 Å². The van der Waals surface area contributed by atoms with Crippen LogP contribution in [-0.2, 0) is 25.4 Å². The highest BCUT2D eigenvalue weighted by molar-refractivity contribution is 7.13. The van der Waals surface area contributed by atoms with Crippen molar-refractivity contribution in [3.8, 4) is 0 Å². The monoisotopic (exact) mass is 376 g/mol. The molecule has 0 aliphatic rings. The normalized spacial score (nSPS) is 11.4. The molecule has 0 saturated heterocycles. The molecule has 3 heterocycles. The van der Waals surface area contributed by atoms with Crippen LogP contribution in [0.25, 0.3) is 11.2 Å². The molecule has 3 aromatic heterocycles. The van der Waals surface area contributed by atoms with Gasteiger partial charge in [-0.15, -0.1) is 11.3 Å². The Hall–Kier alpha value is -2.75. The van der Waals surface area contributed by atoms with E-state index in [-0.39, 0.29) is 18.9 Å². The molecule has 0 aromatic carbocycles. The molecule has 0 unspecified atom stereocenters. The first-order valence-corrected chi connectivity index (χ1v) is 9.03. The topological polar surface area (TPSA) is 104 Å². The van der Waals surface area contributed by atoms with Crippen molar-refractivity contribution in [2.24, 2.45) is 14.1 Å². The first-order chi connectivity index (χ1) is 12.3. The van der Waals surface area contributed by atoms with Crippen molar-refractivity contribution >= 4 is 33.5 Å². The van der Waals surface area contributed by atoms with Crippen molar-refractivity contribution < 1.29 is 4.79 Å². The molecule has 0 saturated carbocycles. The van der Waals surface area contributed by atoms with Crippen LogP contribution in [0.2, 0.25) is 0 Å². The number of hydrogen-bond donors (Lipinski definition) is 1. The number of rotatable bonds is 5. The van der Waals surface area contributed by atoms with Crippen LogP contribution in [0.1, 0.15) is 31.9 Å². The van der Waals surface area contributed by atoms with Gasteiger partial charge in [-0.3, -0.25) is 18.7 Å². The van der Waals surface area contributed by atoms with Crippen LogP contribution in [0.4, 0.5) is 5.13 Å². The molecule has 1 N–H and O–H groups in total. The zero-order valence-electron chi connectivity index (χ0n) is 15.0. The minimum atomic E-state index is -0.435. The van der Waals surface area contributed by atoms with Gasteiger partial charge in [0.05, 0.1) is 12.0 Å². The molecule has 0 fully saturated rings. The van der Waals surface area contributed by atoms with Crippen molar-refractivity contribution in [3.05, 3.63) is 38.2 Å². The number of nitrogens with zero attached hydrogens (tertiary/aromatic N) is 5. The molecule has 26 heavy (non-hydrogen) atoms. The number of thiazole rings is 1. The fourth-order valence-corrected chi connectivity index (χ4v) is 3.47. The molecule has 0 aliphatic carbocycles. The van der Waals surface area contributed by atoms with Crippen LogP contribution < -0.4 is 16.6 Å². The minimum absolute atomic E-state index is 0.161. The van der Waals surface area contributed by atoms with Gasteiger partial charge in [0.15, 0.2) is 16.3 Å². The molecule has 9 nitrogen and oxygen atoms in total. The average Bonchev–Trinajstić information content (AvgIpc) is 3.23. The molecule has 0 aliphatic heterocycles. The van der Waals surface area contributed by atoms with E-state index in [0.29, 0.717) is 22.2 Å². The third-order valence-corrected chi connectivity index (χ3v) is 4.93. The van der Waals surface area contributed by atoms with Crippen LogP contribution in [0.5, 0.6) is 0 Å². The van der Waals surface area contributed by atoms with Crippen LogP contribution >= 0.6 is 11.3 Å². The predicted octanol–water partition coefficient (Wildman–Crippen LogP) is 1.04. The second-order valence-electron chi connectivity index (χ2n) is 6.35. The van der Waals surface area contributed by atoms with Gasteiger partial charge in [-0.25, -0.2) is 14.8 Å². The lowest BCUT2D eigenvalue weighted by Crippen LogP contribution is -2.37. The summed E-state index contributed by atoms with van der Waals surface area (Å²) in [5, 5.41) is 5.26. The molecular weight excluding hydrogens is 356 g/mol. The number of aryl methyl sites for hydroxylation is 2. The number of fused-ring (bicyclic) bond motifs is 1. The summed E-state index contributed by atoms with van der Waals surface area (Å²) >= 11 is 1.39. The van der Waals surface area contributed by atoms with Gasteiger partial charge in [0.25, 0.3) is 5.56 Å². The average molecular weight is 376 g/mol. The number of carbonyl (C=O) groups is 1. The predicted molar refractivity (Wildman–Crippen MR) is 99.7 cm³/mol. The molecule has 10 heteroatoms. The Morgan fingerprint density at radius 2 is 2.00 bits per heavy atom. The maximum absolute atomic E-state index is 12.4. The lowest BCUT2D eigenvalue weighted by Gasteiger charge is -2.06. The van der Waals surface area contributed by atoms with Crippen molar-refractivity contribution in [2.45, 2.75) is 32.7 Å². The van der Waals surface area contributed by atoms with Crippen molar-refractivity contribution in [3.63, 3.8) is 0 Å². The highest BCUT2D eigenvalue weighted by atomic mass is 32.1. The van der Waals surface area contributed by atoms with E-state index >= 15 is 0 Å². The Morgan fingerprint density at radius 3 is 2.65 bits per heavy atom. The lowest BCUT2D eigenvalue weighted by molar-refractivity contribution is -0.116. The van der Waals surface area contributed by atoms with E-state index in [1.807, 2.05) is 19.2 Å². The van der Waals surface area contributed by atoms with Gasteiger partial charge in [0.2, 0.25) is 5.91 Å². The highest BCUT2D eigenvalue weighted by Crippen LogP contribution is 2.21. The minimum Gasteiger partial charge on any atom is -0.324 e. The number of amides is 1. The molecule has 0 radical (unpaired) electrons. The summed E-state index contributed by atoms with van der Waals surface area (Å²) in [6, 6.07) is 0. The third kappa shape index (κ3) is 3.19. The number of carbonyl (C=O) groups excluding carboxylic acids is 1. The molecular formula is C16H20N6O3S. The Balaban J connectivity index is 1.76. The second-order valence-corrected chi connectivity index (χ2v) is 7.20. The number of imidazole rings is 1. The number of aromatic nitrogens is 5. The van der Waals surface area contributed by atoms with Gasteiger partial charge in [0, 0.05) is 32.4 Å². The zero-order valence-corrected chi connectivity index (χ0v) is 15.8. The van der Waals surface area contributed by atoms with Gasteiger partial charge in [0.1, 0.15) is 0 Å². The van der Waals surface area contributed by atoms with Crippen LogP contribution in [0.3, 0.4) is 0 Å². The summed E-state index contributed by atoms with van der Waals surface area (Å²) in [4.78, 5) is 45.0. The van der Waals surface area contributed by atoms with Gasteiger partial charge < -0.3 is 9.88 Å². The van der Waals surface area contributed by atoms with E-state index in [1.165, 1.54) is 29.3 Å². The van der Waals surface area contributed by atoms with Gasteiger partial charge >= 0.3 is 5.69 Å². The summed E-state index contributed by atoms with van der Waals surface area (Å²) < 4.78 is 3.94. The Morgan fingerprint density at radius 1 is 1.27 bits per heavy atom. The summed E-state index contributed by atoms with van der Waals surface area (Å²) in [5.74, 6) is 0.107. The smallest absolute Gasteiger partial charge is 0.324 e. The van der Waals surface area contributed by atoms with Crippen LogP contribution in [0, 0.1) is 0 Å². The SMILES string of the molecule is CC(C)c1csc(NC(=O)CCn2cnc3c2c(=O)n(C)c(=O)n3C)n1. The van der Waals surface area contributed by atoms with Gasteiger partial charge in [-0.1, -0.05) is 13.8 Å². The van der Waals surface area contributed by atoms with Crippen molar-refractivity contribution in [1.29, 1.82) is 0 Å². The fraction of sp³-hybridized carbons (Fsp3) is 0.438. The maximum atomic E-state index is 12.4. The Labute approximate surface area is 152 Å². The molecule has 3 rings (SSSR count). The second kappa shape index (κ2) is 6.87. The number of nitrogens with one attached hydrogen (secondary N) is 1. The molecule has 0 bridgehead atoms. The summed E-state index contributed by atoms with van der Waals surface area (Å²) in [5.41, 5.74) is 0.687. The Kier molecular flexibility index (Phi) is 4.77. The number of hydrogen-bond acceptors (Lipinski definition) is 6. The molecule has 0 spiro atoms. The van der Waals surface area contributed by atoms with Gasteiger partial charge in [-0.2, -0.15) is 0 Å². The molecule has 3 aromatic rings. The van der Waals surface area contributed by atoms with E-state index in [4.69, 9.17) is 0 Å². The van der Waals surface area contributed by atoms with E-state index < -0.39 is 11.2 Å². The van der Waals surface area contributed by atoms with Crippen molar-refractivity contribution in [1.82, 2.24) is 23.7 Å². The van der Waals surface area contributed by atoms with E-state index in [2.05, 4.69) is 15.3 Å². The van der Waals surface area contributed by atoms with Crippen LogP contribution in [-0.4, -0.2) is 29.6 Å². The first kappa shape index (κ1) is 18.1. The standard InChI is InChI=1S/C16H20N6O3S/c1-9(2)10-7-26-15(18-10)19-11(23)5-6-22-8-17-13-12(22)14(24)21(4)16(25)20(13)3/h7-9H,5-6H2,1-4H3,(H,18,19,23). The summed E-state index contributed by atoms with van der Waals surface area (Å²) in [6.45, 7) is 4.36. The summed E-state index contributed by atoms with van der Waals surface area (Å²) in [7, 11) is 2.98. The van der Waals surface area contributed by atoms with E-state index in [0.717, 1.165) is 10.3 Å². The highest BCUT2D eigenvalue weighted by Gasteiger charge is 2.15. The lowest BCUT2D eigenvalue weighted by atomic mass is 10.2. The third-order valence-electron chi connectivity index (χ3n) is 4.16. The van der Waals surface area contributed by atoms with E-state index in [9.17, 15) is 14.4 Å². The van der Waals surface area contributed by atoms with Crippen molar-refractivity contribution in [2.75, 3.05) is 5.32 Å². The summed E-state index contributed by atoms with van der Waals surface area (Å²) in [6.07, 6.45) is 1.63. The van der Waals surface area contributed by atoms with Crippen LogP contribution in [0.15, 0.2) is 21.3 Å². The van der Waals surface area contributed by atoms with E-state index in [1.54, 1.807) is 11.6 Å². The molecule has 1 amide bonds. The largest absolute Gasteiger partial charge is 0.332 e. The fourth-order valence-electron chi connectivity index (χ4n) is 2.58. The first-order valence-electron chi connectivity index (χ1n) is 8.15. The maximum Gasteiger partial charge on any atom is 0.332 e. The number of anilines is 1. The molecule has 0 atom stereocenters. The Bertz CT molecular complexity index is 1090.